The molecule has 0 spiro atoms. The van der Waals surface area contributed by atoms with Crippen molar-refractivity contribution in [3.05, 3.63) is 55.1 Å². The molecule has 0 saturated carbocycles. The number of hydrogen-bond acceptors (Lipinski definition) is 4. The highest BCUT2D eigenvalue weighted by molar-refractivity contribution is 6.09. The molecular formula is C19H23N3O4. The minimum absolute atomic E-state index is 0.310. The average molecular weight is 357 g/mol. The summed E-state index contributed by atoms with van der Waals surface area (Å²) in [5.41, 5.74) is -0.619. The van der Waals surface area contributed by atoms with Gasteiger partial charge in [-0.15, -0.1) is 13.2 Å². The van der Waals surface area contributed by atoms with Crippen LogP contribution in [0.4, 0.5) is 4.79 Å². The van der Waals surface area contributed by atoms with Crippen molar-refractivity contribution in [2.45, 2.75) is 12.5 Å². The first kappa shape index (κ1) is 19.2. The van der Waals surface area contributed by atoms with Gasteiger partial charge in [0.1, 0.15) is 17.8 Å². The number of rotatable bonds is 8. The van der Waals surface area contributed by atoms with Crippen molar-refractivity contribution in [3.8, 4) is 5.75 Å². The van der Waals surface area contributed by atoms with Crippen LogP contribution in [0.1, 0.15) is 12.5 Å². The number of benzene rings is 1. The van der Waals surface area contributed by atoms with Crippen LogP contribution in [-0.2, 0) is 15.1 Å². The normalized spacial score (nSPS) is 19.1. The van der Waals surface area contributed by atoms with Crippen LogP contribution < -0.4 is 10.1 Å². The van der Waals surface area contributed by atoms with E-state index in [4.69, 9.17) is 4.74 Å². The lowest BCUT2D eigenvalue weighted by atomic mass is 9.92. The fourth-order valence-corrected chi connectivity index (χ4v) is 2.79. The molecule has 1 aromatic rings. The van der Waals surface area contributed by atoms with Crippen LogP contribution in [0.2, 0.25) is 0 Å². The van der Waals surface area contributed by atoms with Gasteiger partial charge >= 0.3 is 6.03 Å². The molecule has 138 valence electrons. The lowest BCUT2D eigenvalue weighted by Crippen LogP contribution is -2.44. The Bertz CT molecular complexity index is 719. The minimum Gasteiger partial charge on any atom is -0.497 e. The molecule has 0 aliphatic carbocycles. The van der Waals surface area contributed by atoms with E-state index < -0.39 is 17.5 Å². The number of ether oxygens (including phenoxy) is 1. The molecule has 2 rings (SSSR count). The van der Waals surface area contributed by atoms with Crippen molar-refractivity contribution in [2.75, 3.05) is 26.7 Å². The Labute approximate surface area is 152 Å². The Morgan fingerprint density at radius 2 is 1.81 bits per heavy atom. The zero-order chi connectivity index (χ0) is 19.3. The van der Waals surface area contributed by atoms with Crippen LogP contribution in [0.5, 0.6) is 5.75 Å². The predicted molar refractivity (Wildman–Crippen MR) is 97.6 cm³/mol. The number of hydrogen-bond donors (Lipinski definition) is 1. The number of urea groups is 1. The van der Waals surface area contributed by atoms with Gasteiger partial charge in [-0.1, -0.05) is 24.3 Å². The van der Waals surface area contributed by atoms with Crippen LogP contribution in [0, 0.1) is 0 Å². The zero-order valence-electron chi connectivity index (χ0n) is 15.0. The lowest BCUT2D eigenvalue weighted by Gasteiger charge is -2.24. The fraction of sp³-hybridized carbons (Fsp3) is 0.316. The zero-order valence-corrected chi connectivity index (χ0v) is 15.0. The second-order valence-electron chi connectivity index (χ2n) is 6.05. The molecule has 1 aliphatic heterocycles. The Morgan fingerprint density at radius 3 is 2.31 bits per heavy atom. The number of imide groups is 1. The maximum Gasteiger partial charge on any atom is 0.325 e. The Kier molecular flexibility index (Phi) is 5.82. The molecule has 7 nitrogen and oxygen atoms in total. The van der Waals surface area contributed by atoms with Gasteiger partial charge < -0.3 is 15.0 Å². The van der Waals surface area contributed by atoms with Gasteiger partial charge in [0.15, 0.2) is 0 Å². The minimum atomic E-state index is -1.23. The number of amides is 4. The van der Waals surface area contributed by atoms with E-state index in [1.807, 2.05) is 0 Å². The summed E-state index contributed by atoms with van der Waals surface area (Å²) in [6, 6.07) is 6.25. The number of nitrogens with one attached hydrogen (secondary N) is 1. The van der Waals surface area contributed by atoms with E-state index in [1.165, 1.54) is 4.90 Å². The molecule has 1 unspecified atom stereocenters. The van der Waals surface area contributed by atoms with E-state index in [2.05, 4.69) is 18.5 Å². The van der Waals surface area contributed by atoms with E-state index in [9.17, 15) is 14.4 Å². The smallest absolute Gasteiger partial charge is 0.325 e. The highest BCUT2D eigenvalue weighted by atomic mass is 16.5. The molecule has 1 heterocycles. The fourth-order valence-electron chi connectivity index (χ4n) is 2.79. The van der Waals surface area contributed by atoms with Crippen molar-refractivity contribution >= 4 is 17.8 Å². The van der Waals surface area contributed by atoms with E-state index in [0.717, 1.165) is 4.90 Å². The molecule has 0 bridgehead atoms. The molecule has 26 heavy (non-hydrogen) atoms. The second-order valence-corrected chi connectivity index (χ2v) is 6.05. The van der Waals surface area contributed by atoms with Gasteiger partial charge in [-0.25, -0.2) is 4.79 Å². The van der Waals surface area contributed by atoms with Gasteiger partial charge in [-0.3, -0.25) is 14.5 Å². The van der Waals surface area contributed by atoms with Crippen LogP contribution in [0.15, 0.2) is 49.6 Å². The van der Waals surface area contributed by atoms with E-state index in [1.54, 1.807) is 50.5 Å². The average Bonchev–Trinajstić information content (AvgIpc) is 2.85. The summed E-state index contributed by atoms with van der Waals surface area (Å²) in [5.74, 6) is -0.184. The highest BCUT2D eigenvalue weighted by Gasteiger charge is 2.49. The summed E-state index contributed by atoms with van der Waals surface area (Å²) in [6.07, 6.45) is 3.16. The summed E-state index contributed by atoms with van der Waals surface area (Å²) in [6.45, 7) is 9.11. The maximum absolute atomic E-state index is 12.9. The Hall–Kier alpha value is -3.09. The van der Waals surface area contributed by atoms with Crippen molar-refractivity contribution in [1.29, 1.82) is 0 Å². The van der Waals surface area contributed by atoms with E-state index >= 15 is 0 Å². The number of carbonyl (C=O) groups is 3. The predicted octanol–water partition coefficient (Wildman–Crippen LogP) is 1.66. The number of nitrogens with zero attached hydrogens (tertiary/aromatic N) is 2. The van der Waals surface area contributed by atoms with E-state index in [-0.39, 0.29) is 12.5 Å². The summed E-state index contributed by atoms with van der Waals surface area (Å²) in [4.78, 5) is 40.0. The first-order valence-corrected chi connectivity index (χ1v) is 8.15. The Morgan fingerprint density at radius 1 is 1.23 bits per heavy atom. The highest BCUT2D eigenvalue weighted by Crippen LogP contribution is 2.30. The molecule has 1 atom stereocenters. The third-order valence-electron chi connectivity index (χ3n) is 4.29. The van der Waals surface area contributed by atoms with Gasteiger partial charge in [-0.2, -0.15) is 0 Å². The molecule has 1 aliphatic rings. The van der Waals surface area contributed by atoms with Gasteiger partial charge in [0.2, 0.25) is 5.91 Å². The standard InChI is InChI=1S/C19H23N3O4/c1-5-11-21(12-6-2)16(23)13-22-17(24)19(3,20-18(22)25)14-7-9-15(26-4)10-8-14/h5-10H,1-2,11-13H2,3-4H3,(H,20,25). The summed E-state index contributed by atoms with van der Waals surface area (Å²) in [7, 11) is 1.55. The lowest BCUT2D eigenvalue weighted by molar-refractivity contribution is -0.138. The molecule has 7 heteroatoms. The van der Waals surface area contributed by atoms with Crippen molar-refractivity contribution in [2.24, 2.45) is 0 Å². The first-order valence-electron chi connectivity index (χ1n) is 8.15. The topological polar surface area (TPSA) is 79.0 Å². The van der Waals surface area contributed by atoms with Crippen molar-refractivity contribution < 1.29 is 19.1 Å². The molecule has 1 aromatic carbocycles. The van der Waals surface area contributed by atoms with Crippen molar-refractivity contribution in [3.63, 3.8) is 0 Å². The van der Waals surface area contributed by atoms with Gasteiger partial charge in [-0.05, 0) is 24.6 Å². The molecule has 1 N–H and O–H groups in total. The quantitative estimate of drug-likeness (QED) is 0.567. The van der Waals surface area contributed by atoms with E-state index in [0.29, 0.717) is 24.4 Å². The maximum atomic E-state index is 12.9. The molecule has 1 fully saturated rings. The monoisotopic (exact) mass is 357 g/mol. The van der Waals surface area contributed by atoms with Gasteiger partial charge in [0, 0.05) is 13.1 Å². The summed E-state index contributed by atoms with van der Waals surface area (Å²) < 4.78 is 5.11. The molecule has 0 radical (unpaired) electrons. The number of carbonyl (C=O) groups excluding carboxylic acids is 3. The SMILES string of the molecule is C=CCN(CC=C)C(=O)CN1C(=O)NC(C)(c2ccc(OC)cc2)C1=O. The van der Waals surface area contributed by atoms with Crippen LogP contribution >= 0.6 is 0 Å². The Balaban J connectivity index is 2.20. The number of methoxy groups -OCH3 is 1. The molecule has 4 amide bonds. The van der Waals surface area contributed by atoms with Crippen LogP contribution in [-0.4, -0.2) is 54.4 Å². The van der Waals surface area contributed by atoms with Gasteiger partial charge in [0.05, 0.1) is 7.11 Å². The summed E-state index contributed by atoms with van der Waals surface area (Å²) >= 11 is 0. The largest absolute Gasteiger partial charge is 0.497 e. The van der Waals surface area contributed by atoms with Crippen LogP contribution in [0.25, 0.3) is 0 Å². The summed E-state index contributed by atoms with van der Waals surface area (Å²) in [5, 5.41) is 2.68. The molecule has 0 aromatic heterocycles. The molecular weight excluding hydrogens is 334 g/mol. The molecule has 1 saturated heterocycles. The third-order valence-corrected chi connectivity index (χ3v) is 4.29. The van der Waals surface area contributed by atoms with Crippen LogP contribution in [0.3, 0.4) is 0 Å². The second kappa shape index (κ2) is 7.86. The third kappa shape index (κ3) is 3.61. The van der Waals surface area contributed by atoms with Gasteiger partial charge in [0.25, 0.3) is 5.91 Å². The van der Waals surface area contributed by atoms with Crippen molar-refractivity contribution in [1.82, 2.24) is 15.1 Å². The first-order chi connectivity index (χ1) is 12.4.